The van der Waals surface area contributed by atoms with Crippen LogP contribution < -0.4 is 10.6 Å². The minimum absolute atomic E-state index is 0.167. The summed E-state index contributed by atoms with van der Waals surface area (Å²) >= 11 is 0. The molecule has 5 rings (SSSR count). The summed E-state index contributed by atoms with van der Waals surface area (Å²) in [7, 11) is 0. The number of aryl methyl sites for hydroxylation is 2. The van der Waals surface area contributed by atoms with Crippen LogP contribution in [-0.4, -0.2) is 46.5 Å². The van der Waals surface area contributed by atoms with Crippen molar-refractivity contribution in [3.05, 3.63) is 107 Å². The number of carbonyl (C=O) groups is 4. The number of nitrogens with one attached hydrogen (secondary N) is 3. The number of benzene rings is 3. The first-order chi connectivity index (χ1) is 20.4. The molecule has 42 heavy (non-hydrogen) atoms. The predicted octanol–water partition coefficient (Wildman–Crippen LogP) is 4.04. The number of aromatic amines is 1. The van der Waals surface area contributed by atoms with Crippen LogP contribution in [0, 0.1) is 5.92 Å². The van der Waals surface area contributed by atoms with Crippen molar-refractivity contribution in [3.63, 3.8) is 0 Å². The SMILES string of the molecule is CCc1ccc(CNC(=O)C(Cc2c[nH]c3ccccc23)C(=O)CN2CC(=O)NC(c3ccccc3)C2=O)cc1CC. The van der Waals surface area contributed by atoms with Crippen molar-refractivity contribution >= 4 is 34.4 Å². The number of amides is 3. The third kappa shape index (κ3) is 6.28. The smallest absolute Gasteiger partial charge is 0.250 e. The first kappa shape index (κ1) is 28.8. The Kier molecular flexibility index (Phi) is 8.81. The van der Waals surface area contributed by atoms with Gasteiger partial charge in [0.05, 0.1) is 6.54 Å². The van der Waals surface area contributed by atoms with Crippen LogP contribution in [0.2, 0.25) is 0 Å². The lowest BCUT2D eigenvalue weighted by molar-refractivity contribution is -0.147. The molecule has 0 aliphatic carbocycles. The Labute approximate surface area is 245 Å². The van der Waals surface area contributed by atoms with Gasteiger partial charge in [-0.15, -0.1) is 0 Å². The van der Waals surface area contributed by atoms with Crippen LogP contribution in [0.4, 0.5) is 0 Å². The highest BCUT2D eigenvalue weighted by atomic mass is 16.2. The lowest BCUT2D eigenvalue weighted by Gasteiger charge is -2.33. The van der Waals surface area contributed by atoms with Crippen molar-refractivity contribution in [1.29, 1.82) is 0 Å². The first-order valence-corrected chi connectivity index (χ1v) is 14.5. The fourth-order valence-electron chi connectivity index (χ4n) is 5.65. The Hall–Kier alpha value is -4.72. The summed E-state index contributed by atoms with van der Waals surface area (Å²) in [4.78, 5) is 57.8. The maximum atomic E-state index is 13.8. The van der Waals surface area contributed by atoms with E-state index in [0.717, 1.165) is 34.9 Å². The van der Waals surface area contributed by atoms with E-state index in [9.17, 15) is 19.2 Å². The minimum atomic E-state index is -1.04. The second-order valence-electron chi connectivity index (χ2n) is 10.7. The van der Waals surface area contributed by atoms with Crippen LogP contribution in [0.25, 0.3) is 10.9 Å². The van der Waals surface area contributed by atoms with Gasteiger partial charge in [-0.25, -0.2) is 0 Å². The number of ketones is 1. The second kappa shape index (κ2) is 12.9. The second-order valence-corrected chi connectivity index (χ2v) is 10.7. The highest BCUT2D eigenvalue weighted by Gasteiger charge is 2.37. The fourth-order valence-corrected chi connectivity index (χ4v) is 5.65. The number of fused-ring (bicyclic) bond motifs is 1. The lowest BCUT2D eigenvalue weighted by Crippen LogP contribution is -2.55. The summed E-state index contributed by atoms with van der Waals surface area (Å²) in [5.41, 5.74) is 5.88. The van der Waals surface area contributed by atoms with Crippen molar-refractivity contribution < 1.29 is 19.2 Å². The first-order valence-electron chi connectivity index (χ1n) is 14.5. The van der Waals surface area contributed by atoms with Crippen LogP contribution in [0.5, 0.6) is 0 Å². The molecule has 8 heteroatoms. The molecular formula is C34H36N4O4. The zero-order chi connectivity index (χ0) is 29.6. The van der Waals surface area contributed by atoms with Gasteiger partial charge in [0.15, 0.2) is 5.78 Å². The van der Waals surface area contributed by atoms with Crippen molar-refractivity contribution in [2.75, 3.05) is 13.1 Å². The van der Waals surface area contributed by atoms with Gasteiger partial charge in [0.25, 0.3) is 5.91 Å². The summed E-state index contributed by atoms with van der Waals surface area (Å²) in [5.74, 6) is -2.59. The number of Topliss-reactive ketones (excluding diaryl/α,β-unsaturated/α-hetero) is 1. The predicted molar refractivity (Wildman–Crippen MR) is 161 cm³/mol. The van der Waals surface area contributed by atoms with Gasteiger partial charge in [0.2, 0.25) is 11.8 Å². The van der Waals surface area contributed by atoms with Gasteiger partial charge < -0.3 is 20.5 Å². The van der Waals surface area contributed by atoms with E-state index in [1.54, 1.807) is 24.3 Å². The fraction of sp³-hybridized carbons (Fsp3) is 0.294. The van der Waals surface area contributed by atoms with Crippen LogP contribution in [0.1, 0.15) is 47.7 Å². The molecule has 0 spiro atoms. The molecule has 1 aliphatic rings. The highest BCUT2D eigenvalue weighted by Crippen LogP contribution is 2.24. The molecule has 2 unspecified atom stereocenters. The molecule has 1 fully saturated rings. The van der Waals surface area contributed by atoms with Gasteiger partial charge in [-0.05, 0) is 53.1 Å². The Morgan fingerprint density at radius 2 is 1.67 bits per heavy atom. The van der Waals surface area contributed by atoms with E-state index in [2.05, 4.69) is 41.6 Å². The topological polar surface area (TPSA) is 111 Å². The summed E-state index contributed by atoms with van der Waals surface area (Å²) in [5, 5.41) is 6.63. The number of hydrogen-bond acceptors (Lipinski definition) is 4. The monoisotopic (exact) mass is 564 g/mol. The quantitative estimate of drug-likeness (QED) is 0.239. The third-order valence-electron chi connectivity index (χ3n) is 7.98. The molecule has 0 saturated carbocycles. The van der Waals surface area contributed by atoms with Gasteiger partial charge in [-0.2, -0.15) is 0 Å². The largest absolute Gasteiger partial charge is 0.361 e. The third-order valence-corrected chi connectivity index (χ3v) is 7.98. The Morgan fingerprint density at radius 3 is 2.43 bits per heavy atom. The number of nitrogens with zero attached hydrogens (tertiary/aromatic N) is 1. The lowest BCUT2D eigenvalue weighted by atomic mass is 9.92. The van der Waals surface area contributed by atoms with E-state index in [0.29, 0.717) is 5.56 Å². The van der Waals surface area contributed by atoms with Gasteiger partial charge in [0.1, 0.15) is 18.5 Å². The Balaban J connectivity index is 1.37. The molecule has 3 N–H and O–H groups in total. The molecule has 1 aromatic heterocycles. The van der Waals surface area contributed by atoms with Crippen LogP contribution in [0.3, 0.4) is 0 Å². The summed E-state index contributed by atoms with van der Waals surface area (Å²) in [6.07, 6.45) is 3.82. The van der Waals surface area contributed by atoms with E-state index < -0.39 is 23.7 Å². The van der Waals surface area contributed by atoms with Crippen molar-refractivity contribution in [2.45, 2.75) is 45.7 Å². The van der Waals surface area contributed by atoms with Crippen LogP contribution in [0.15, 0.2) is 79.0 Å². The van der Waals surface area contributed by atoms with E-state index in [4.69, 9.17) is 0 Å². The van der Waals surface area contributed by atoms with Gasteiger partial charge in [-0.1, -0.05) is 80.6 Å². The maximum Gasteiger partial charge on any atom is 0.250 e. The average Bonchev–Trinajstić information content (AvgIpc) is 3.43. The molecule has 0 radical (unpaired) electrons. The van der Waals surface area contributed by atoms with E-state index in [1.165, 1.54) is 16.0 Å². The van der Waals surface area contributed by atoms with Crippen molar-refractivity contribution in [2.24, 2.45) is 5.92 Å². The van der Waals surface area contributed by atoms with E-state index in [-0.39, 0.29) is 37.9 Å². The minimum Gasteiger partial charge on any atom is -0.361 e. The van der Waals surface area contributed by atoms with E-state index in [1.807, 2.05) is 42.6 Å². The molecule has 8 nitrogen and oxygen atoms in total. The average molecular weight is 565 g/mol. The maximum absolute atomic E-state index is 13.8. The normalized spacial score (nSPS) is 15.9. The zero-order valence-corrected chi connectivity index (χ0v) is 24.0. The number of hydrogen-bond donors (Lipinski definition) is 3. The molecule has 4 aromatic rings. The van der Waals surface area contributed by atoms with Gasteiger partial charge >= 0.3 is 0 Å². The molecule has 3 amide bonds. The van der Waals surface area contributed by atoms with Gasteiger partial charge in [0, 0.05) is 23.6 Å². The number of rotatable bonds is 11. The number of aromatic nitrogens is 1. The molecule has 2 heterocycles. The molecule has 1 aliphatic heterocycles. The van der Waals surface area contributed by atoms with E-state index >= 15 is 0 Å². The van der Waals surface area contributed by atoms with Crippen molar-refractivity contribution in [3.8, 4) is 0 Å². The molecule has 0 bridgehead atoms. The summed E-state index contributed by atoms with van der Waals surface area (Å²) < 4.78 is 0. The van der Waals surface area contributed by atoms with Gasteiger partial charge in [-0.3, -0.25) is 19.2 Å². The number of H-pyrrole nitrogens is 1. The van der Waals surface area contributed by atoms with Crippen molar-refractivity contribution in [1.82, 2.24) is 20.5 Å². The van der Waals surface area contributed by atoms with Crippen LogP contribution >= 0.6 is 0 Å². The number of carbonyl (C=O) groups excluding carboxylic acids is 4. The van der Waals surface area contributed by atoms with Crippen LogP contribution in [-0.2, 0) is 45.0 Å². The standard InChI is InChI=1S/C34H36N4O4/c1-3-23-15-14-22(16-24(23)4-2)18-36-33(41)28(17-26-19-35-29-13-9-8-12-27(26)29)30(39)20-38-21-31(40)37-32(34(38)42)25-10-6-5-7-11-25/h5-16,19,28,32,35H,3-4,17-18,20-21H2,1-2H3,(H,36,41)(H,37,40). The molecule has 3 aromatic carbocycles. The summed E-state index contributed by atoms with van der Waals surface area (Å²) in [6, 6.07) is 22.0. The summed E-state index contributed by atoms with van der Waals surface area (Å²) in [6.45, 7) is 3.95. The molecular weight excluding hydrogens is 528 g/mol. The number of piperazine rings is 1. The highest BCUT2D eigenvalue weighted by molar-refractivity contribution is 6.05. The zero-order valence-electron chi connectivity index (χ0n) is 24.0. The molecule has 216 valence electrons. The number of para-hydroxylation sites is 1. The molecule has 2 atom stereocenters. The Morgan fingerprint density at radius 1 is 0.929 bits per heavy atom. The Bertz CT molecular complexity index is 1610. The molecule has 1 saturated heterocycles.